The molecule has 0 saturated carbocycles. The van der Waals surface area contributed by atoms with Gasteiger partial charge in [-0.1, -0.05) is 40.2 Å². The summed E-state index contributed by atoms with van der Waals surface area (Å²) in [4.78, 5) is 0.103. The molecule has 0 radical (unpaired) electrons. The minimum Gasteiger partial charge on any atom is -0.377 e. The zero-order valence-corrected chi connectivity index (χ0v) is 14.5. The van der Waals surface area contributed by atoms with Crippen LogP contribution in [-0.4, -0.2) is 15.0 Å². The van der Waals surface area contributed by atoms with Crippen LogP contribution in [0.15, 0.2) is 51.8 Å². The van der Waals surface area contributed by atoms with Gasteiger partial charge in [0.15, 0.2) is 0 Å². The highest BCUT2D eigenvalue weighted by Crippen LogP contribution is 2.33. The van der Waals surface area contributed by atoms with Crippen LogP contribution in [-0.2, 0) is 20.4 Å². The molecule has 0 bridgehead atoms. The Morgan fingerprint density at radius 2 is 1.86 bits per heavy atom. The van der Waals surface area contributed by atoms with Crippen LogP contribution in [0.25, 0.3) is 11.1 Å². The van der Waals surface area contributed by atoms with Gasteiger partial charge in [-0.3, -0.25) is 0 Å². The number of halogens is 2. The lowest BCUT2D eigenvalue weighted by Gasteiger charge is -2.13. The summed E-state index contributed by atoms with van der Waals surface area (Å²) >= 11 is 3.42. The molecule has 0 aromatic heterocycles. The average molecular weight is 390 g/mol. The molecule has 112 valence electrons. The molecule has 0 heterocycles. The van der Waals surface area contributed by atoms with E-state index in [0.29, 0.717) is 18.8 Å². The van der Waals surface area contributed by atoms with Gasteiger partial charge in [-0.2, -0.15) is 0 Å². The third kappa shape index (κ3) is 4.07. The number of benzene rings is 2. The molecule has 0 aliphatic carbocycles. The van der Waals surface area contributed by atoms with E-state index < -0.39 is 9.05 Å². The predicted molar refractivity (Wildman–Crippen MR) is 87.9 cm³/mol. The fraction of sp³-hybridized carbons (Fsp3) is 0.200. The van der Waals surface area contributed by atoms with Crippen LogP contribution in [0.2, 0.25) is 0 Å². The van der Waals surface area contributed by atoms with E-state index in [1.54, 1.807) is 18.2 Å². The van der Waals surface area contributed by atoms with Gasteiger partial charge in [0.2, 0.25) is 0 Å². The first-order valence-corrected chi connectivity index (χ1v) is 9.44. The van der Waals surface area contributed by atoms with Crippen molar-refractivity contribution >= 4 is 35.7 Å². The zero-order valence-electron chi connectivity index (χ0n) is 11.3. The summed E-state index contributed by atoms with van der Waals surface area (Å²) < 4.78 is 29.9. The predicted octanol–water partition coefficient (Wildman–Crippen LogP) is 4.58. The Bertz CT molecular complexity index is 744. The number of ether oxygens (including phenoxy) is 1. The van der Waals surface area contributed by atoms with Crippen LogP contribution < -0.4 is 0 Å². The van der Waals surface area contributed by atoms with E-state index in [0.717, 1.165) is 15.6 Å². The molecule has 0 saturated heterocycles. The Hall–Kier alpha value is -0.880. The van der Waals surface area contributed by atoms with Crippen molar-refractivity contribution in [3.63, 3.8) is 0 Å². The normalized spacial score (nSPS) is 11.6. The minimum absolute atomic E-state index is 0.103. The van der Waals surface area contributed by atoms with E-state index in [2.05, 4.69) is 15.9 Å². The first-order chi connectivity index (χ1) is 9.93. The van der Waals surface area contributed by atoms with Crippen molar-refractivity contribution in [2.75, 3.05) is 6.61 Å². The quantitative estimate of drug-likeness (QED) is 0.703. The molecule has 0 atom stereocenters. The largest absolute Gasteiger partial charge is 0.377 e. The van der Waals surface area contributed by atoms with Crippen molar-refractivity contribution in [1.29, 1.82) is 0 Å². The molecule has 6 heteroatoms. The maximum atomic E-state index is 11.7. The van der Waals surface area contributed by atoms with Crippen molar-refractivity contribution in [2.24, 2.45) is 0 Å². The van der Waals surface area contributed by atoms with Gasteiger partial charge in [0.05, 0.1) is 11.5 Å². The van der Waals surface area contributed by atoms with Crippen LogP contribution in [0.4, 0.5) is 0 Å². The third-order valence-corrected chi connectivity index (χ3v) is 4.84. The summed E-state index contributed by atoms with van der Waals surface area (Å²) in [5, 5.41) is 0. The lowest BCUT2D eigenvalue weighted by atomic mass is 10.00. The molecule has 0 unspecified atom stereocenters. The van der Waals surface area contributed by atoms with Gasteiger partial charge in [0.1, 0.15) is 0 Å². The third-order valence-electron chi connectivity index (χ3n) is 2.97. The number of hydrogen-bond acceptors (Lipinski definition) is 3. The minimum atomic E-state index is -3.81. The maximum Gasteiger partial charge on any atom is 0.261 e. The van der Waals surface area contributed by atoms with Crippen molar-refractivity contribution in [1.82, 2.24) is 0 Å². The van der Waals surface area contributed by atoms with Gasteiger partial charge >= 0.3 is 0 Å². The summed E-state index contributed by atoms with van der Waals surface area (Å²) in [6.45, 7) is 2.90. The lowest BCUT2D eigenvalue weighted by Crippen LogP contribution is -1.99. The van der Waals surface area contributed by atoms with Gasteiger partial charge in [-0.05, 0) is 36.2 Å². The van der Waals surface area contributed by atoms with Crippen molar-refractivity contribution in [3.05, 3.63) is 52.5 Å². The van der Waals surface area contributed by atoms with E-state index in [4.69, 9.17) is 15.4 Å². The highest BCUT2D eigenvalue weighted by Gasteiger charge is 2.18. The van der Waals surface area contributed by atoms with E-state index in [-0.39, 0.29) is 4.90 Å². The fourth-order valence-corrected chi connectivity index (χ4v) is 3.55. The Morgan fingerprint density at radius 1 is 1.14 bits per heavy atom. The number of hydrogen-bond donors (Lipinski definition) is 0. The Kier molecular flexibility index (Phi) is 5.43. The van der Waals surface area contributed by atoms with Crippen LogP contribution in [0.3, 0.4) is 0 Å². The summed E-state index contributed by atoms with van der Waals surface area (Å²) in [6.07, 6.45) is 0. The SMILES string of the molecule is CCOCc1cc(Br)ccc1-c1ccccc1S(=O)(=O)Cl. The Morgan fingerprint density at radius 3 is 2.52 bits per heavy atom. The Balaban J connectivity index is 2.62. The molecular weight excluding hydrogens is 376 g/mol. The van der Waals surface area contributed by atoms with E-state index in [9.17, 15) is 8.42 Å². The van der Waals surface area contributed by atoms with Crippen LogP contribution in [0, 0.1) is 0 Å². The topological polar surface area (TPSA) is 43.4 Å². The molecule has 2 rings (SSSR count). The van der Waals surface area contributed by atoms with E-state index in [1.807, 2.05) is 25.1 Å². The van der Waals surface area contributed by atoms with Gasteiger partial charge in [0.25, 0.3) is 9.05 Å². The summed E-state index contributed by atoms with van der Waals surface area (Å²) in [7, 11) is 1.72. The van der Waals surface area contributed by atoms with Crippen LogP contribution >= 0.6 is 26.6 Å². The molecule has 0 aliphatic rings. The van der Waals surface area contributed by atoms with Crippen molar-refractivity contribution in [3.8, 4) is 11.1 Å². The second-order valence-corrected chi connectivity index (χ2v) is 7.82. The van der Waals surface area contributed by atoms with Gasteiger partial charge in [-0.15, -0.1) is 0 Å². The molecule has 0 amide bonds. The molecule has 0 N–H and O–H groups in total. The summed E-state index contributed by atoms with van der Waals surface area (Å²) in [5.41, 5.74) is 2.28. The van der Waals surface area contributed by atoms with Crippen LogP contribution in [0.1, 0.15) is 12.5 Å². The molecule has 3 nitrogen and oxygen atoms in total. The molecule has 0 aliphatic heterocycles. The second kappa shape index (κ2) is 6.92. The monoisotopic (exact) mass is 388 g/mol. The first-order valence-electron chi connectivity index (χ1n) is 6.33. The van der Waals surface area contributed by atoms with Crippen molar-refractivity contribution in [2.45, 2.75) is 18.4 Å². The molecule has 2 aromatic rings. The summed E-state index contributed by atoms with van der Waals surface area (Å²) in [6, 6.07) is 12.3. The highest BCUT2D eigenvalue weighted by molar-refractivity contribution is 9.10. The maximum absolute atomic E-state index is 11.7. The van der Waals surface area contributed by atoms with Gasteiger partial charge in [0, 0.05) is 27.3 Å². The highest BCUT2D eigenvalue weighted by atomic mass is 79.9. The average Bonchev–Trinajstić information content (AvgIpc) is 2.44. The lowest BCUT2D eigenvalue weighted by molar-refractivity contribution is 0.134. The van der Waals surface area contributed by atoms with Gasteiger partial charge in [-0.25, -0.2) is 8.42 Å². The molecule has 2 aromatic carbocycles. The standard InChI is InChI=1S/C15H14BrClO3S/c1-2-20-10-11-9-12(16)7-8-13(11)14-5-3-4-6-15(14)21(17,18)19/h3-9H,2,10H2,1H3. The van der Waals surface area contributed by atoms with Crippen LogP contribution in [0.5, 0.6) is 0 Å². The van der Waals surface area contributed by atoms with E-state index in [1.165, 1.54) is 6.07 Å². The van der Waals surface area contributed by atoms with E-state index >= 15 is 0 Å². The molecule has 0 fully saturated rings. The zero-order chi connectivity index (χ0) is 15.5. The fourth-order valence-electron chi connectivity index (χ4n) is 2.06. The second-order valence-electron chi connectivity index (χ2n) is 4.37. The Labute approximate surface area is 137 Å². The molecule has 0 spiro atoms. The molecule has 21 heavy (non-hydrogen) atoms. The molecular formula is C15H14BrClO3S. The first kappa shape index (κ1) is 16.5. The smallest absolute Gasteiger partial charge is 0.261 e. The number of rotatable bonds is 5. The summed E-state index contributed by atoms with van der Waals surface area (Å²) in [5.74, 6) is 0. The van der Waals surface area contributed by atoms with Gasteiger partial charge < -0.3 is 4.74 Å². The van der Waals surface area contributed by atoms with Crippen molar-refractivity contribution < 1.29 is 13.2 Å².